The third-order valence-electron chi connectivity index (χ3n) is 1.86. The average Bonchev–Trinajstić information content (AvgIpc) is 2.16. The lowest BCUT2D eigenvalue weighted by atomic mass is 10.2. The third-order valence-corrected chi connectivity index (χ3v) is 1.86. The predicted octanol–water partition coefficient (Wildman–Crippen LogP) is 1.10. The van der Waals surface area contributed by atoms with E-state index in [0.29, 0.717) is 13.0 Å². The zero-order chi connectivity index (χ0) is 11.0. The van der Waals surface area contributed by atoms with E-state index in [-0.39, 0.29) is 17.8 Å². The van der Waals surface area contributed by atoms with Crippen LogP contribution in [0.4, 0.5) is 0 Å². The zero-order valence-corrected chi connectivity index (χ0v) is 9.13. The van der Waals surface area contributed by atoms with Crippen molar-refractivity contribution in [3.05, 3.63) is 0 Å². The van der Waals surface area contributed by atoms with E-state index in [9.17, 15) is 9.59 Å². The molecule has 0 saturated carbocycles. The number of hydrogen-bond acceptors (Lipinski definition) is 3. The van der Waals surface area contributed by atoms with Gasteiger partial charge in [-0.1, -0.05) is 13.8 Å². The molecular formula is C10H19NO3. The van der Waals surface area contributed by atoms with Crippen LogP contribution in [-0.4, -0.2) is 25.5 Å². The van der Waals surface area contributed by atoms with E-state index in [1.807, 2.05) is 13.8 Å². The summed E-state index contributed by atoms with van der Waals surface area (Å²) in [5.74, 6) is -0.112. The number of rotatable bonds is 6. The minimum absolute atomic E-state index is 0.0237. The van der Waals surface area contributed by atoms with Crippen molar-refractivity contribution in [1.29, 1.82) is 0 Å². The van der Waals surface area contributed by atoms with E-state index >= 15 is 0 Å². The van der Waals surface area contributed by atoms with Gasteiger partial charge in [0.2, 0.25) is 5.91 Å². The number of ether oxygens (including phenoxy) is 1. The molecule has 0 aliphatic rings. The summed E-state index contributed by atoms with van der Waals surface area (Å²) in [5.41, 5.74) is 0. The lowest BCUT2D eigenvalue weighted by Gasteiger charge is -2.06. The second kappa shape index (κ2) is 7.35. The minimum atomic E-state index is -0.194. The van der Waals surface area contributed by atoms with Gasteiger partial charge >= 0.3 is 5.97 Å². The molecule has 0 unspecified atom stereocenters. The van der Waals surface area contributed by atoms with Gasteiger partial charge < -0.3 is 10.1 Å². The number of hydrogen-bond donors (Lipinski definition) is 1. The fourth-order valence-electron chi connectivity index (χ4n) is 0.912. The van der Waals surface area contributed by atoms with Crippen molar-refractivity contribution in [2.45, 2.75) is 33.1 Å². The van der Waals surface area contributed by atoms with Crippen molar-refractivity contribution < 1.29 is 14.3 Å². The van der Waals surface area contributed by atoms with Gasteiger partial charge in [-0.05, 0) is 12.8 Å². The van der Waals surface area contributed by atoms with Crippen molar-refractivity contribution >= 4 is 11.9 Å². The summed E-state index contributed by atoms with van der Waals surface area (Å²) in [5, 5.41) is 2.78. The van der Waals surface area contributed by atoms with Crippen LogP contribution in [0.25, 0.3) is 0 Å². The highest BCUT2D eigenvalue weighted by atomic mass is 16.5. The number of nitrogens with one attached hydrogen (secondary N) is 1. The predicted molar refractivity (Wildman–Crippen MR) is 53.7 cm³/mol. The summed E-state index contributed by atoms with van der Waals surface area (Å²) in [4.78, 5) is 21.8. The highest BCUT2D eigenvalue weighted by molar-refractivity contribution is 5.77. The van der Waals surface area contributed by atoms with Gasteiger partial charge in [-0.15, -0.1) is 0 Å². The quantitative estimate of drug-likeness (QED) is 0.517. The molecule has 0 saturated heterocycles. The Balaban J connectivity index is 3.30. The van der Waals surface area contributed by atoms with E-state index in [1.54, 1.807) is 0 Å². The molecule has 0 rings (SSSR count). The molecule has 82 valence electrons. The van der Waals surface area contributed by atoms with Crippen LogP contribution >= 0.6 is 0 Å². The Kier molecular flexibility index (Phi) is 6.80. The Labute approximate surface area is 85.0 Å². The first kappa shape index (κ1) is 12.9. The Morgan fingerprint density at radius 3 is 2.43 bits per heavy atom. The Morgan fingerprint density at radius 2 is 1.93 bits per heavy atom. The van der Waals surface area contributed by atoms with Crippen LogP contribution in [0.1, 0.15) is 33.1 Å². The standard InChI is InChI=1S/C10H19NO3/c1-8(2)10(13)11-7-5-4-6-9(12)14-3/h8H,4-7H2,1-3H3,(H,11,13). The van der Waals surface area contributed by atoms with Gasteiger partial charge in [-0.25, -0.2) is 0 Å². The van der Waals surface area contributed by atoms with Crippen molar-refractivity contribution in [1.82, 2.24) is 5.32 Å². The molecule has 0 atom stereocenters. The normalized spacial score (nSPS) is 10.0. The molecule has 0 bridgehead atoms. The molecule has 0 aromatic heterocycles. The Morgan fingerprint density at radius 1 is 1.29 bits per heavy atom. The maximum Gasteiger partial charge on any atom is 0.305 e. The number of esters is 1. The molecule has 1 amide bonds. The Bertz CT molecular complexity index is 190. The van der Waals surface area contributed by atoms with E-state index in [0.717, 1.165) is 12.8 Å². The van der Waals surface area contributed by atoms with Crippen molar-refractivity contribution in [2.75, 3.05) is 13.7 Å². The molecule has 14 heavy (non-hydrogen) atoms. The first-order valence-electron chi connectivity index (χ1n) is 4.92. The van der Waals surface area contributed by atoms with Gasteiger partial charge in [0.1, 0.15) is 0 Å². The second-order valence-electron chi connectivity index (χ2n) is 3.48. The van der Waals surface area contributed by atoms with Gasteiger partial charge in [-0.3, -0.25) is 9.59 Å². The lowest BCUT2D eigenvalue weighted by Crippen LogP contribution is -2.28. The maximum absolute atomic E-state index is 11.1. The highest BCUT2D eigenvalue weighted by Crippen LogP contribution is 1.96. The highest BCUT2D eigenvalue weighted by Gasteiger charge is 2.05. The maximum atomic E-state index is 11.1. The average molecular weight is 201 g/mol. The van der Waals surface area contributed by atoms with Gasteiger partial charge in [0.15, 0.2) is 0 Å². The molecule has 0 aromatic carbocycles. The molecular weight excluding hydrogens is 182 g/mol. The van der Waals surface area contributed by atoms with E-state index in [1.165, 1.54) is 7.11 Å². The smallest absolute Gasteiger partial charge is 0.305 e. The van der Waals surface area contributed by atoms with Gasteiger partial charge in [0.05, 0.1) is 7.11 Å². The summed E-state index contributed by atoms with van der Waals surface area (Å²) >= 11 is 0. The van der Waals surface area contributed by atoms with Gasteiger partial charge in [-0.2, -0.15) is 0 Å². The molecule has 0 aliphatic heterocycles. The number of amides is 1. The molecule has 4 heteroatoms. The molecule has 4 nitrogen and oxygen atoms in total. The van der Waals surface area contributed by atoms with E-state index in [4.69, 9.17) is 0 Å². The van der Waals surface area contributed by atoms with Crippen molar-refractivity contribution in [2.24, 2.45) is 5.92 Å². The monoisotopic (exact) mass is 201 g/mol. The first-order chi connectivity index (χ1) is 6.57. The summed E-state index contributed by atoms with van der Waals surface area (Å²) in [7, 11) is 1.38. The summed E-state index contributed by atoms with van der Waals surface area (Å²) < 4.78 is 4.49. The van der Waals surface area contributed by atoms with Crippen LogP contribution in [0.3, 0.4) is 0 Å². The fraction of sp³-hybridized carbons (Fsp3) is 0.800. The number of unbranched alkanes of at least 4 members (excludes halogenated alkanes) is 1. The molecule has 0 fully saturated rings. The van der Waals surface area contributed by atoms with Crippen LogP contribution in [0.2, 0.25) is 0 Å². The minimum Gasteiger partial charge on any atom is -0.469 e. The summed E-state index contributed by atoms with van der Waals surface area (Å²) in [6.45, 7) is 4.33. The largest absolute Gasteiger partial charge is 0.469 e. The van der Waals surface area contributed by atoms with Crippen molar-refractivity contribution in [3.8, 4) is 0 Å². The topological polar surface area (TPSA) is 55.4 Å². The fourth-order valence-corrected chi connectivity index (χ4v) is 0.912. The van der Waals surface area contributed by atoms with E-state index < -0.39 is 0 Å². The molecule has 0 heterocycles. The van der Waals surface area contributed by atoms with Crippen LogP contribution in [0.15, 0.2) is 0 Å². The second-order valence-corrected chi connectivity index (χ2v) is 3.48. The zero-order valence-electron chi connectivity index (χ0n) is 9.13. The number of methoxy groups -OCH3 is 1. The molecule has 0 aromatic rings. The first-order valence-corrected chi connectivity index (χ1v) is 4.92. The van der Waals surface area contributed by atoms with Gasteiger partial charge in [0, 0.05) is 18.9 Å². The van der Waals surface area contributed by atoms with Crippen LogP contribution in [0, 0.1) is 5.92 Å². The van der Waals surface area contributed by atoms with E-state index in [2.05, 4.69) is 10.1 Å². The molecule has 0 aliphatic carbocycles. The lowest BCUT2D eigenvalue weighted by molar-refractivity contribution is -0.140. The molecule has 0 spiro atoms. The number of carbonyl (C=O) groups is 2. The van der Waals surface area contributed by atoms with Crippen LogP contribution in [-0.2, 0) is 14.3 Å². The van der Waals surface area contributed by atoms with Crippen molar-refractivity contribution in [3.63, 3.8) is 0 Å². The SMILES string of the molecule is COC(=O)CCCCNC(=O)C(C)C. The third kappa shape index (κ3) is 6.46. The summed E-state index contributed by atoms with van der Waals surface area (Å²) in [6, 6.07) is 0. The Hall–Kier alpha value is -1.06. The molecule has 0 radical (unpaired) electrons. The summed E-state index contributed by atoms with van der Waals surface area (Å²) in [6.07, 6.45) is 1.99. The number of carbonyl (C=O) groups excluding carboxylic acids is 2. The van der Waals surface area contributed by atoms with Gasteiger partial charge in [0.25, 0.3) is 0 Å². The van der Waals surface area contributed by atoms with Crippen LogP contribution < -0.4 is 5.32 Å². The molecule has 1 N–H and O–H groups in total. The van der Waals surface area contributed by atoms with Crippen LogP contribution in [0.5, 0.6) is 0 Å².